The van der Waals surface area contributed by atoms with Crippen LogP contribution in [-0.4, -0.2) is 51.4 Å². The standard InChI is InChI=1S/C13H22N4O3/c1-10(2)7-17(9-12(18)19)13(20)14-5-4-11-6-15-16(3)8-11/h6,8,10H,4-5,7,9H2,1-3H3,(H,14,20)(H,18,19). The maximum Gasteiger partial charge on any atom is 0.323 e. The molecule has 2 amide bonds. The van der Waals surface area contributed by atoms with Crippen LogP contribution in [0.4, 0.5) is 4.79 Å². The summed E-state index contributed by atoms with van der Waals surface area (Å²) in [6.45, 7) is 4.48. The number of urea groups is 1. The van der Waals surface area contributed by atoms with Crippen LogP contribution in [0, 0.1) is 5.92 Å². The molecule has 0 unspecified atom stereocenters. The molecular weight excluding hydrogens is 260 g/mol. The van der Waals surface area contributed by atoms with Gasteiger partial charge in [-0.05, 0) is 17.9 Å². The number of rotatable bonds is 7. The summed E-state index contributed by atoms with van der Waals surface area (Å²) in [6, 6.07) is -0.343. The quantitative estimate of drug-likeness (QED) is 0.771. The SMILES string of the molecule is CC(C)CN(CC(=O)O)C(=O)NCCc1cnn(C)c1. The molecule has 0 radical (unpaired) electrons. The highest BCUT2D eigenvalue weighted by atomic mass is 16.4. The highest BCUT2D eigenvalue weighted by Crippen LogP contribution is 2.00. The number of carboxylic acids is 1. The van der Waals surface area contributed by atoms with Gasteiger partial charge in [0.25, 0.3) is 0 Å². The third-order valence-corrected chi connectivity index (χ3v) is 2.65. The van der Waals surface area contributed by atoms with Gasteiger partial charge in [0, 0.05) is 26.3 Å². The maximum absolute atomic E-state index is 11.9. The summed E-state index contributed by atoms with van der Waals surface area (Å²) in [6.07, 6.45) is 4.30. The Hall–Kier alpha value is -2.05. The second-order valence-electron chi connectivity index (χ2n) is 5.17. The second-order valence-corrected chi connectivity index (χ2v) is 5.17. The molecule has 20 heavy (non-hydrogen) atoms. The van der Waals surface area contributed by atoms with Crippen molar-refractivity contribution >= 4 is 12.0 Å². The first-order valence-corrected chi connectivity index (χ1v) is 6.60. The van der Waals surface area contributed by atoms with Crippen LogP contribution in [-0.2, 0) is 18.3 Å². The molecule has 1 heterocycles. The Morgan fingerprint density at radius 2 is 2.20 bits per heavy atom. The lowest BCUT2D eigenvalue weighted by Gasteiger charge is -2.23. The fourth-order valence-electron chi connectivity index (χ4n) is 1.85. The smallest absolute Gasteiger partial charge is 0.323 e. The van der Waals surface area contributed by atoms with Crippen LogP contribution in [0.5, 0.6) is 0 Å². The van der Waals surface area contributed by atoms with Crippen molar-refractivity contribution in [2.75, 3.05) is 19.6 Å². The van der Waals surface area contributed by atoms with E-state index in [1.807, 2.05) is 27.1 Å². The minimum Gasteiger partial charge on any atom is -0.480 e. The van der Waals surface area contributed by atoms with E-state index in [9.17, 15) is 9.59 Å². The van der Waals surface area contributed by atoms with Crippen molar-refractivity contribution in [1.29, 1.82) is 0 Å². The molecule has 1 aromatic rings. The number of hydrogen-bond donors (Lipinski definition) is 2. The monoisotopic (exact) mass is 282 g/mol. The van der Waals surface area contributed by atoms with Crippen LogP contribution in [0.15, 0.2) is 12.4 Å². The molecule has 7 heteroatoms. The summed E-state index contributed by atoms with van der Waals surface area (Å²) >= 11 is 0. The molecule has 112 valence electrons. The molecule has 0 spiro atoms. The van der Waals surface area contributed by atoms with E-state index in [0.29, 0.717) is 19.5 Å². The van der Waals surface area contributed by atoms with Crippen LogP contribution in [0.1, 0.15) is 19.4 Å². The van der Waals surface area contributed by atoms with Crippen molar-refractivity contribution in [2.45, 2.75) is 20.3 Å². The van der Waals surface area contributed by atoms with E-state index in [2.05, 4.69) is 10.4 Å². The topological polar surface area (TPSA) is 87.5 Å². The summed E-state index contributed by atoms with van der Waals surface area (Å²) in [5, 5.41) is 15.6. The Balaban J connectivity index is 2.42. The lowest BCUT2D eigenvalue weighted by Crippen LogP contribution is -2.45. The average molecular weight is 282 g/mol. The summed E-state index contributed by atoms with van der Waals surface area (Å²) < 4.78 is 1.70. The zero-order valence-corrected chi connectivity index (χ0v) is 12.2. The number of carbonyl (C=O) groups excluding carboxylic acids is 1. The van der Waals surface area contributed by atoms with Crippen molar-refractivity contribution in [1.82, 2.24) is 20.0 Å². The Morgan fingerprint density at radius 3 is 2.70 bits per heavy atom. The van der Waals surface area contributed by atoms with Gasteiger partial charge in [-0.25, -0.2) is 4.79 Å². The van der Waals surface area contributed by atoms with E-state index in [0.717, 1.165) is 5.56 Å². The predicted octanol–water partition coefficient (Wildman–Crippen LogP) is 0.715. The Kier molecular flexibility index (Phi) is 6.02. The van der Waals surface area contributed by atoms with Gasteiger partial charge in [-0.2, -0.15) is 5.10 Å². The third kappa shape index (κ3) is 5.73. The van der Waals surface area contributed by atoms with Crippen molar-refractivity contribution < 1.29 is 14.7 Å². The first-order chi connectivity index (χ1) is 9.38. The Bertz CT molecular complexity index is 456. The number of aliphatic carboxylic acids is 1. The zero-order chi connectivity index (χ0) is 15.1. The molecule has 0 aliphatic carbocycles. The average Bonchev–Trinajstić information content (AvgIpc) is 2.73. The molecular formula is C13H22N4O3. The van der Waals surface area contributed by atoms with Gasteiger partial charge in [0.2, 0.25) is 0 Å². The van der Waals surface area contributed by atoms with Crippen molar-refractivity contribution in [3.8, 4) is 0 Å². The number of nitrogens with one attached hydrogen (secondary N) is 1. The first-order valence-electron chi connectivity index (χ1n) is 6.60. The fourth-order valence-corrected chi connectivity index (χ4v) is 1.85. The van der Waals surface area contributed by atoms with Gasteiger partial charge in [-0.15, -0.1) is 0 Å². The predicted molar refractivity (Wildman–Crippen MR) is 74.4 cm³/mol. The molecule has 0 fully saturated rings. The Labute approximate surface area is 118 Å². The third-order valence-electron chi connectivity index (χ3n) is 2.65. The van der Waals surface area contributed by atoms with Crippen LogP contribution < -0.4 is 5.32 Å². The summed E-state index contributed by atoms with van der Waals surface area (Å²) in [5.74, 6) is -0.786. The van der Waals surface area contributed by atoms with Gasteiger partial charge >= 0.3 is 12.0 Å². The number of amides is 2. The molecule has 0 bridgehead atoms. The minimum atomic E-state index is -1.01. The van der Waals surface area contributed by atoms with E-state index < -0.39 is 5.97 Å². The molecule has 0 saturated carbocycles. The van der Waals surface area contributed by atoms with Gasteiger partial charge in [0.05, 0.1) is 6.20 Å². The summed E-state index contributed by atoms with van der Waals surface area (Å²) in [5.41, 5.74) is 1.03. The molecule has 0 aromatic carbocycles. The lowest BCUT2D eigenvalue weighted by molar-refractivity contribution is -0.137. The number of aromatic nitrogens is 2. The number of carbonyl (C=O) groups is 2. The summed E-state index contributed by atoms with van der Waals surface area (Å²) in [7, 11) is 1.83. The van der Waals surface area contributed by atoms with Gasteiger partial charge in [0.1, 0.15) is 6.54 Å². The van der Waals surface area contributed by atoms with Crippen molar-refractivity contribution in [3.63, 3.8) is 0 Å². The van der Waals surface area contributed by atoms with E-state index in [1.165, 1.54) is 4.90 Å². The normalized spacial score (nSPS) is 10.6. The highest BCUT2D eigenvalue weighted by molar-refractivity contribution is 5.80. The fraction of sp³-hybridized carbons (Fsp3) is 0.615. The second kappa shape index (κ2) is 7.52. The van der Waals surface area contributed by atoms with Crippen LogP contribution >= 0.6 is 0 Å². The molecule has 0 saturated heterocycles. The Morgan fingerprint density at radius 1 is 1.50 bits per heavy atom. The number of carboxylic acid groups (broad SMARTS) is 1. The van der Waals surface area contributed by atoms with E-state index in [-0.39, 0.29) is 18.5 Å². The zero-order valence-electron chi connectivity index (χ0n) is 12.2. The molecule has 0 atom stereocenters. The van der Waals surface area contributed by atoms with E-state index >= 15 is 0 Å². The van der Waals surface area contributed by atoms with Gasteiger partial charge in [-0.1, -0.05) is 13.8 Å². The van der Waals surface area contributed by atoms with Crippen LogP contribution in [0.2, 0.25) is 0 Å². The van der Waals surface area contributed by atoms with Crippen molar-refractivity contribution in [2.24, 2.45) is 13.0 Å². The van der Waals surface area contributed by atoms with Gasteiger partial charge in [-0.3, -0.25) is 9.48 Å². The molecule has 0 aliphatic heterocycles. The largest absolute Gasteiger partial charge is 0.480 e. The van der Waals surface area contributed by atoms with Gasteiger partial charge < -0.3 is 15.3 Å². The molecule has 7 nitrogen and oxygen atoms in total. The molecule has 1 rings (SSSR count). The molecule has 0 aliphatic rings. The minimum absolute atomic E-state index is 0.221. The van der Waals surface area contributed by atoms with Crippen LogP contribution in [0.25, 0.3) is 0 Å². The molecule has 2 N–H and O–H groups in total. The number of hydrogen-bond acceptors (Lipinski definition) is 3. The number of aryl methyl sites for hydroxylation is 1. The maximum atomic E-state index is 11.9. The summed E-state index contributed by atoms with van der Waals surface area (Å²) in [4.78, 5) is 24.0. The van der Waals surface area contributed by atoms with Gasteiger partial charge in [0.15, 0.2) is 0 Å². The van der Waals surface area contributed by atoms with Crippen molar-refractivity contribution in [3.05, 3.63) is 18.0 Å². The first kappa shape index (κ1) is 16.0. The van der Waals surface area contributed by atoms with Crippen LogP contribution in [0.3, 0.4) is 0 Å². The molecule has 1 aromatic heterocycles. The lowest BCUT2D eigenvalue weighted by atomic mass is 10.2. The van der Waals surface area contributed by atoms with E-state index in [4.69, 9.17) is 5.11 Å². The highest BCUT2D eigenvalue weighted by Gasteiger charge is 2.17. The number of nitrogens with zero attached hydrogens (tertiary/aromatic N) is 3. The van der Waals surface area contributed by atoms with E-state index in [1.54, 1.807) is 10.9 Å².